The first-order chi connectivity index (χ1) is 15.0. The van der Waals surface area contributed by atoms with Gasteiger partial charge in [-0.1, -0.05) is 41.7 Å². The number of rotatable bonds is 7. The smallest absolute Gasteiger partial charge is 0.280 e. The van der Waals surface area contributed by atoms with Crippen LogP contribution in [0.1, 0.15) is 48.6 Å². The molecule has 6 nitrogen and oxygen atoms in total. The van der Waals surface area contributed by atoms with Gasteiger partial charge >= 0.3 is 0 Å². The first-order valence-corrected chi connectivity index (χ1v) is 11.2. The van der Waals surface area contributed by atoms with E-state index in [2.05, 4.69) is 18.9 Å². The van der Waals surface area contributed by atoms with Crippen molar-refractivity contribution in [3.05, 3.63) is 71.5 Å². The molecule has 7 heteroatoms. The SMILES string of the molecule is CCOc1ccc2nc(N(Cc3ccccc3)C(=O)c3cc(C)n(C(C)C)n3)sc2c1. The minimum absolute atomic E-state index is 0.157. The number of amides is 1. The Bertz CT molecular complexity index is 1200. The molecule has 0 spiro atoms. The summed E-state index contributed by atoms with van der Waals surface area (Å²) in [5.74, 6) is 0.646. The molecule has 1 amide bonds. The fourth-order valence-corrected chi connectivity index (χ4v) is 4.50. The predicted octanol–water partition coefficient (Wildman–Crippen LogP) is 5.63. The van der Waals surface area contributed by atoms with Gasteiger partial charge in [0.1, 0.15) is 5.75 Å². The van der Waals surface area contributed by atoms with Gasteiger partial charge in [-0.25, -0.2) is 4.98 Å². The number of aryl methyl sites for hydroxylation is 1. The van der Waals surface area contributed by atoms with Crippen LogP contribution in [-0.4, -0.2) is 27.3 Å². The first kappa shape index (κ1) is 21.1. The molecule has 4 aromatic rings. The topological polar surface area (TPSA) is 60.2 Å². The maximum Gasteiger partial charge on any atom is 0.280 e. The summed E-state index contributed by atoms with van der Waals surface area (Å²) in [5, 5.41) is 5.22. The second-order valence-electron chi connectivity index (χ2n) is 7.65. The van der Waals surface area contributed by atoms with E-state index in [-0.39, 0.29) is 11.9 Å². The van der Waals surface area contributed by atoms with Gasteiger partial charge in [-0.15, -0.1) is 0 Å². The van der Waals surface area contributed by atoms with Crippen molar-refractivity contribution in [3.63, 3.8) is 0 Å². The van der Waals surface area contributed by atoms with Crippen LogP contribution in [0.15, 0.2) is 54.6 Å². The molecule has 2 heterocycles. The monoisotopic (exact) mass is 434 g/mol. The molecular formula is C24H26N4O2S. The molecule has 160 valence electrons. The normalized spacial score (nSPS) is 11.3. The number of benzene rings is 2. The maximum atomic E-state index is 13.6. The summed E-state index contributed by atoms with van der Waals surface area (Å²) >= 11 is 1.48. The molecule has 0 aliphatic heterocycles. The number of hydrogen-bond acceptors (Lipinski definition) is 5. The highest BCUT2D eigenvalue weighted by molar-refractivity contribution is 7.22. The summed E-state index contributed by atoms with van der Waals surface area (Å²) in [4.78, 5) is 20.0. The number of carbonyl (C=O) groups excluding carboxylic acids is 1. The number of hydrogen-bond donors (Lipinski definition) is 0. The van der Waals surface area contributed by atoms with E-state index in [9.17, 15) is 4.79 Å². The molecule has 0 bridgehead atoms. The van der Waals surface area contributed by atoms with Gasteiger partial charge in [0.25, 0.3) is 5.91 Å². The van der Waals surface area contributed by atoms with Crippen LogP contribution in [0.5, 0.6) is 5.75 Å². The number of aromatic nitrogens is 3. The van der Waals surface area contributed by atoms with Crippen LogP contribution in [0.3, 0.4) is 0 Å². The minimum atomic E-state index is -0.157. The zero-order valence-corrected chi connectivity index (χ0v) is 19.0. The molecule has 0 unspecified atom stereocenters. The molecule has 31 heavy (non-hydrogen) atoms. The summed E-state index contributed by atoms with van der Waals surface area (Å²) < 4.78 is 8.48. The van der Waals surface area contributed by atoms with Crippen LogP contribution >= 0.6 is 11.3 Å². The van der Waals surface area contributed by atoms with E-state index in [0.717, 1.165) is 27.2 Å². The standard InChI is InChI=1S/C24H26N4O2S/c1-5-30-19-11-12-20-22(14-19)31-24(25-20)27(15-18-9-7-6-8-10-18)23(29)21-13-17(4)28(26-21)16(2)3/h6-14,16H,5,15H2,1-4H3. The van der Waals surface area contributed by atoms with Gasteiger partial charge in [-0.2, -0.15) is 5.10 Å². The highest BCUT2D eigenvalue weighted by Gasteiger charge is 2.25. The Hall–Kier alpha value is -3.19. The van der Waals surface area contributed by atoms with Crippen molar-refractivity contribution in [2.75, 3.05) is 11.5 Å². The number of nitrogens with zero attached hydrogens (tertiary/aromatic N) is 4. The van der Waals surface area contributed by atoms with E-state index in [0.29, 0.717) is 24.0 Å². The zero-order valence-electron chi connectivity index (χ0n) is 18.2. The molecule has 0 saturated heterocycles. The van der Waals surface area contributed by atoms with Gasteiger partial charge in [-0.05, 0) is 57.5 Å². The summed E-state index contributed by atoms with van der Waals surface area (Å²) in [6.45, 7) is 9.07. The van der Waals surface area contributed by atoms with Crippen molar-refractivity contribution < 1.29 is 9.53 Å². The number of fused-ring (bicyclic) bond motifs is 1. The number of carbonyl (C=O) groups is 1. The highest BCUT2D eigenvalue weighted by Crippen LogP contribution is 2.33. The predicted molar refractivity (Wildman–Crippen MR) is 125 cm³/mol. The Morgan fingerprint density at radius 3 is 2.61 bits per heavy atom. The van der Waals surface area contributed by atoms with Crippen LogP contribution in [0, 0.1) is 6.92 Å². The van der Waals surface area contributed by atoms with Gasteiger partial charge in [0.15, 0.2) is 10.8 Å². The average molecular weight is 435 g/mol. The first-order valence-electron chi connectivity index (χ1n) is 10.4. The molecule has 0 aliphatic rings. The van der Waals surface area contributed by atoms with Crippen LogP contribution < -0.4 is 9.64 Å². The van der Waals surface area contributed by atoms with E-state index in [1.807, 2.05) is 73.1 Å². The summed E-state index contributed by atoms with van der Waals surface area (Å²) in [6.07, 6.45) is 0. The molecule has 0 N–H and O–H groups in total. The zero-order chi connectivity index (χ0) is 22.0. The van der Waals surface area contributed by atoms with Crippen molar-refractivity contribution in [3.8, 4) is 5.75 Å². The summed E-state index contributed by atoms with van der Waals surface area (Å²) in [7, 11) is 0. The molecule has 2 aromatic carbocycles. The van der Waals surface area contributed by atoms with Gasteiger partial charge in [0.2, 0.25) is 0 Å². The molecule has 0 fully saturated rings. The van der Waals surface area contributed by atoms with Gasteiger partial charge in [0.05, 0.1) is 23.4 Å². The lowest BCUT2D eigenvalue weighted by molar-refractivity contribution is 0.0979. The fraction of sp³-hybridized carbons (Fsp3) is 0.292. The maximum absolute atomic E-state index is 13.6. The molecule has 2 aromatic heterocycles. The van der Waals surface area contributed by atoms with E-state index in [1.54, 1.807) is 4.90 Å². The van der Waals surface area contributed by atoms with E-state index >= 15 is 0 Å². The third-order valence-electron chi connectivity index (χ3n) is 4.95. The van der Waals surface area contributed by atoms with E-state index in [1.165, 1.54) is 11.3 Å². The Labute approximate surface area is 186 Å². The Morgan fingerprint density at radius 1 is 1.16 bits per heavy atom. The quantitative estimate of drug-likeness (QED) is 0.378. The van der Waals surface area contributed by atoms with Gasteiger partial charge in [-0.3, -0.25) is 14.4 Å². The van der Waals surface area contributed by atoms with Crippen LogP contribution in [0.2, 0.25) is 0 Å². The third-order valence-corrected chi connectivity index (χ3v) is 5.99. The number of ether oxygens (including phenoxy) is 1. The van der Waals surface area contributed by atoms with E-state index < -0.39 is 0 Å². The van der Waals surface area contributed by atoms with Crippen LogP contribution in [0.4, 0.5) is 5.13 Å². The van der Waals surface area contributed by atoms with Crippen molar-refractivity contribution in [2.24, 2.45) is 0 Å². The van der Waals surface area contributed by atoms with Gasteiger partial charge < -0.3 is 4.74 Å². The Kier molecular flexibility index (Phi) is 6.04. The lowest BCUT2D eigenvalue weighted by Crippen LogP contribution is -2.30. The average Bonchev–Trinajstić information content (AvgIpc) is 3.35. The Morgan fingerprint density at radius 2 is 1.94 bits per heavy atom. The molecular weight excluding hydrogens is 408 g/mol. The molecule has 0 aliphatic carbocycles. The molecule has 0 saturated carbocycles. The largest absolute Gasteiger partial charge is 0.494 e. The van der Waals surface area contributed by atoms with Crippen molar-refractivity contribution >= 4 is 32.6 Å². The number of anilines is 1. The molecule has 0 radical (unpaired) electrons. The van der Waals surface area contributed by atoms with Crippen molar-refractivity contribution in [2.45, 2.75) is 40.3 Å². The second-order valence-corrected chi connectivity index (χ2v) is 8.65. The molecule has 4 rings (SSSR count). The van der Waals surface area contributed by atoms with Gasteiger partial charge in [0, 0.05) is 11.7 Å². The van der Waals surface area contributed by atoms with Crippen LogP contribution in [0.25, 0.3) is 10.2 Å². The van der Waals surface area contributed by atoms with Crippen molar-refractivity contribution in [1.82, 2.24) is 14.8 Å². The summed E-state index contributed by atoms with van der Waals surface area (Å²) in [6, 6.07) is 17.8. The lowest BCUT2D eigenvalue weighted by atomic mass is 10.2. The number of thiazole rings is 1. The second kappa shape index (κ2) is 8.89. The molecule has 0 atom stereocenters. The van der Waals surface area contributed by atoms with Crippen molar-refractivity contribution in [1.29, 1.82) is 0 Å². The summed E-state index contributed by atoms with van der Waals surface area (Å²) in [5.41, 5.74) is 3.27. The Balaban J connectivity index is 1.74. The fourth-order valence-electron chi connectivity index (χ4n) is 3.51. The van der Waals surface area contributed by atoms with E-state index in [4.69, 9.17) is 9.72 Å². The van der Waals surface area contributed by atoms with Crippen LogP contribution in [-0.2, 0) is 6.54 Å². The third kappa shape index (κ3) is 4.46. The highest BCUT2D eigenvalue weighted by atomic mass is 32.1. The lowest BCUT2D eigenvalue weighted by Gasteiger charge is -2.19. The minimum Gasteiger partial charge on any atom is -0.494 e.